The predicted octanol–water partition coefficient (Wildman–Crippen LogP) is 0.687. The molecule has 2 N–H and O–H groups in total. The summed E-state index contributed by atoms with van der Waals surface area (Å²) < 4.78 is 4.28. The average molecular weight is 105 g/mol. The second-order valence-corrected chi connectivity index (χ2v) is 2.44. The van der Waals surface area contributed by atoms with Gasteiger partial charge in [0, 0.05) is 17.3 Å². The van der Waals surface area contributed by atoms with Gasteiger partial charge in [0.15, 0.2) is 0 Å². The van der Waals surface area contributed by atoms with Crippen LogP contribution in [0.5, 0.6) is 0 Å². The smallest absolute Gasteiger partial charge is 0.0332 e. The van der Waals surface area contributed by atoms with Gasteiger partial charge in [-0.1, -0.05) is 0 Å². The first-order valence-electron chi connectivity index (χ1n) is 1.95. The second kappa shape index (κ2) is 1.82. The maximum Gasteiger partial charge on any atom is 0.0332 e. The summed E-state index contributed by atoms with van der Waals surface area (Å²) in [7, 11) is 0. The molecule has 0 bridgehead atoms. The third kappa shape index (κ3) is 1.16. The van der Waals surface area contributed by atoms with Crippen LogP contribution >= 0.6 is 12.0 Å². The summed E-state index contributed by atoms with van der Waals surface area (Å²) in [6.07, 6.45) is 2.56. The van der Waals surface area contributed by atoms with Crippen molar-refractivity contribution >= 4 is 12.0 Å². The Bertz CT molecular complexity index is 46.1. The first kappa shape index (κ1) is 4.43. The Morgan fingerprint density at radius 2 is 2.33 bits per heavy atom. The highest BCUT2D eigenvalue weighted by molar-refractivity contribution is 7.95. The molecule has 36 valence electrons. The molecule has 1 aliphatic carbocycles. The van der Waals surface area contributed by atoms with Gasteiger partial charge in [-0.15, -0.1) is 0 Å². The van der Waals surface area contributed by atoms with Crippen molar-refractivity contribution in [2.45, 2.75) is 18.1 Å². The number of hydrogen-bond donors (Lipinski definition) is 1. The monoisotopic (exact) mass is 105 g/mol. The summed E-state index contributed by atoms with van der Waals surface area (Å²) in [5.74, 6) is 4.73. The lowest BCUT2D eigenvalue weighted by atomic mass is 11.0. The van der Waals surface area contributed by atoms with Crippen LogP contribution < -0.4 is 5.90 Å². The fraction of sp³-hybridized carbons (Fsp3) is 1.00. The Morgan fingerprint density at radius 3 is 2.50 bits per heavy atom. The van der Waals surface area contributed by atoms with Crippen molar-refractivity contribution < 1.29 is 4.28 Å². The Labute approximate surface area is 41.2 Å². The van der Waals surface area contributed by atoms with Crippen molar-refractivity contribution in [3.05, 3.63) is 0 Å². The molecule has 0 saturated heterocycles. The van der Waals surface area contributed by atoms with E-state index < -0.39 is 0 Å². The van der Waals surface area contributed by atoms with Crippen molar-refractivity contribution in [2.24, 2.45) is 5.90 Å². The highest BCUT2D eigenvalue weighted by atomic mass is 32.2. The molecular formula is C3H7NOS. The third-order valence-corrected chi connectivity index (χ3v) is 1.57. The molecule has 2 nitrogen and oxygen atoms in total. The average Bonchev–Trinajstić information content (AvgIpc) is 2.21. The van der Waals surface area contributed by atoms with Crippen LogP contribution in [0.15, 0.2) is 0 Å². The van der Waals surface area contributed by atoms with Crippen molar-refractivity contribution in [1.29, 1.82) is 0 Å². The molecule has 0 aromatic rings. The van der Waals surface area contributed by atoms with Crippen molar-refractivity contribution in [3.63, 3.8) is 0 Å². The van der Waals surface area contributed by atoms with E-state index in [1.807, 2.05) is 0 Å². The zero-order valence-electron chi connectivity index (χ0n) is 3.39. The summed E-state index contributed by atoms with van der Waals surface area (Å²) >= 11 is 1.38. The van der Waals surface area contributed by atoms with E-state index in [0.717, 1.165) is 5.25 Å². The first-order valence-corrected chi connectivity index (χ1v) is 2.76. The van der Waals surface area contributed by atoms with Gasteiger partial charge in [-0.2, -0.15) is 0 Å². The SMILES string of the molecule is NOSC1CC1. The van der Waals surface area contributed by atoms with Crippen LogP contribution in [-0.4, -0.2) is 5.25 Å². The third-order valence-electron chi connectivity index (χ3n) is 0.716. The highest BCUT2D eigenvalue weighted by Crippen LogP contribution is 2.33. The summed E-state index contributed by atoms with van der Waals surface area (Å²) in [6.45, 7) is 0. The molecule has 1 saturated carbocycles. The quantitative estimate of drug-likeness (QED) is 0.414. The van der Waals surface area contributed by atoms with E-state index in [1.54, 1.807) is 0 Å². The summed E-state index contributed by atoms with van der Waals surface area (Å²) in [6, 6.07) is 0. The van der Waals surface area contributed by atoms with E-state index >= 15 is 0 Å². The van der Waals surface area contributed by atoms with E-state index in [2.05, 4.69) is 4.28 Å². The minimum absolute atomic E-state index is 0.718. The zero-order chi connectivity index (χ0) is 4.41. The molecular weight excluding hydrogens is 98.1 g/mol. The molecule has 1 rings (SSSR count). The maximum absolute atomic E-state index is 4.73. The van der Waals surface area contributed by atoms with Crippen molar-refractivity contribution in [3.8, 4) is 0 Å². The summed E-state index contributed by atoms with van der Waals surface area (Å²) in [5.41, 5.74) is 0. The Hall–Kier alpha value is 0.270. The van der Waals surface area contributed by atoms with Crippen LogP contribution in [0.1, 0.15) is 12.8 Å². The number of nitrogens with two attached hydrogens (primary N) is 1. The lowest BCUT2D eigenvalue weighted by molar-refractivity contribution is 0.397. The molecule has 0 aliphatic heterocycles. The Morgan fingerprint density at radius 1 is 1.67 bits per heavy atom. The molecule has 6 heavy (non-hydrogen) atoms. The van der Waals surface area contributed by atoms with Gasteiger partial charge in [-0.3, -0.25) is 0 Å². The fourth-order valence-corrected chi connectivity index (χ4v) is 0.729. The Kier molecular flexibility index (Phi) is 1.34. The van der Waals surface area contributed by atoms with Crippen molar-refractivity contribution in [2.75, 3.05) is 0 Å². The molecule has 0 spiro atoms. The molecule has 1 aliphatic rings. The largest absolute Gasteiger partial charge is 0.234 e. The molecule has 0 unspecified atom stereocenters. The van der Waals surface area contributed by atoms with Crippen LogP contribution in [0.25, 0.3) is 0 Å². The van der Waals surface area contributed by atoms with E-state index in [9.17, 15) is 0 Å². The molecule has 1 fully saturated rings. The molecule has 0 amide bonds. The molecule has 3 heteroatoms. The van der Waals surface area contributed by atoms with Gasteiger partial charge < -0.3 is 0 Å². The molecule has 0 radical (unpaired) electrons. The number of hydrogen-bond acceptors (Lipinski definition) is 3. The van der Waals surface area contributed by atoms with E-state index in [1.165, 1.54) is 24.9 Å². The standard InChI is InChI=1S/C3H7NOS/c4-5-6-3-1-2-3/h3H,1-2,4H2. The van der Waals surface area contributed by atoms with Crippen LogP contribution in [-0.2, 0) is 4.28 Å². The zero-order valence-corrected chi connectivity index (χ0v) is 4.20. The normalized spacial score (nSPS) is 21.5. The second-order valence-electron chi connectivity index (χ2n) is 1.39. The van der Waals surface area contributed by atoms with Gasteiger partial charge in [0.1, 0.15) is 0 Å². The van der Waals surface area contributed by atoms with E-state index in [-0.39, 0.29) is 0 Å². The fourth-order valence-electron chi connectivity index (χ4n) is 0.243. The highest BCUT2D eigenvalue weighted by Gasteiger charge is 2.22. The predicted molar refractivity (Wildman–Crippen MR) is 25.9 cm³/mol. The maximum atomic E-state index is 4.73. The summed E-state index contributed by atoms with van der Waals surface area (Å²) in [4.78, 5) is 0. The van der Waals surface area contributed by atoms with Gasteiger partial charge in [0.2, 0.25) is 0 Å². The van der Waals surface area contributed by atoms with Gasteiger partial charge >= 0.3 is 0 Å². The molecule has 0 heterocycles. The minimum atomic E-state index is 0.718. The van der Waals surface area contributed by atoms with E-state index in [4.69, 9.17) is 5.90 Å². The van der Waals surface area contributed by atoms with Gasteiger partial charge in [-0.25, -0.2) is 10.2 Å². The lowest BCUT2D eigenvalue weighted by Crippen LogP contribution is -1.88. The van der Waals surface area contributed by atoms with Crippen LogP contribution in [0.3, 0.4) is 0 Å². The molecule has 0 atom stereocenters. The molecule has 0 aromatic heterocycles. The topological polar surface area (TPSA) is 35.2 Å². The lowest BCUT2D eigenvalue weighted by Gasteiger charge is -1.84. The van der Waals surface area contributed by atoms with Crippen LogP contribution in [0.2, 0.25) is 0 Å². The first-order chi connectivity index (χ1) is 2.93. The summed E-state index contributed by atoms with van der Waals surface area (Å²) in [5, 5.41) is 0.718. The number of rotatable bonds is 2. The van der Waals surface area contributed by atoms with Crippen LogP contribution in [0.4, 0.5) is 0 Å². The molecule has 0 aromatic carbocycles. The minimum Gasteiger partial charge on any atom is -0.234 e. The van der Waals surface area contributed by atoms with Gasteiger partial charge in [-0.05, 0) is 12.8 Å². The van der Waals surface area contributed by atoms with Gasteiger partial charge in [0.05, 0.1) is 0 Å². The van der Waals surface area contributed by atoms with E-state index in [0.29, 0.717) is 0 Å². The van der Waals surface area contributed by atoms with Crippen LogP contribution in [0, 0.1) is 0 Å². The Balaban J connectivity index is 1.88. The van der Waals surface area contributed by atoms with Gasteiger partial charge in [0.25, 0.3) is 0 Å². The van der Waals surface area contributed by atoms with Crippen molar-refractivity contribution in [1.82, 2.24) is 0 Å².